The van der Waals surface area contributed by atoms with Gasteiger partial charge in [-0.25, -0.2) is 4.79 Å². The van der Waals surface area contributed by atoms with Crippen LogP contribution >= 0.6 is 0 Å². The fourth-order valence-corrected chi connectivity index (χ4v) is 4.01. The lowest BCUT2D eigenvalue weighted by Gasteiger charge is -2.26. The molecule has 0 aromatic heterocycles. The number of rotatable bonds is 14. The van der Waals surface area contributed by atoms with Crippen LogP contribution in [0.15, 0.2) is 11.6 Å². The molecule has 168 valence electrons. The number of cyclic esters (lactones) is 1. The van der Waals surface area contributed by atoms with Crippen molar-refractivity contribution in [2.45, 2.75) is 105 Å². The molecule has 0 spiro atoms. The number of aliphatic hydroxyl groups is 1. The van der Waals surface area contributed by atoms with Gasteiger partial charge in [-0.05, 0) is 30.6 Å². The Labute approximate surface area is 177 Å². The van der Waals surface area contributed by atoms with Crippen molar-refractivity contribution in [3.8, 4) is 0 Å². The number of carbonyl (C=O) groups excluding carboxylic acids is 2. The molecule has 5 nitrogen and oxygen atoms in total. The van der Waals surface area contributed by atoms with Crippen molar-refractivity contribution in [2.75, 3.05) is 6.61 Å². The third-order valence-electron chi connectivity index (χ3n) is 5.88. The number of hydrogen-bond donors (Lipinski definition) is 1. The molecular weight excluding hydrogens is 368 g/mol. The van der Waals surface area contributed by atoms with Crippen molar-refractivity contribution in [1.29, 1.82) is 0 Å². The molecule has 1 unspecified atom stereocenters. The molecule has 1 fully saturated rings. The van der Waals surface area contributed by atoms with E-state index in [0.29, 0.717) is 30.3 Å². The summed E-state index contributed by atoms with van der Waals surface area (Å²) in [4.78, 5) is 24.5. The quantitative estimate of drug-likeness (QED) is 0.242. The van der Waals surface area contributed by atoms with Crippen LogP contribution in [0.3, 0.4) is 0 Å². The van der Waals surface area contributed by atoms with Crippen LogP contribution in [-0.4, -0.2) is 35.9 Å². The molecule has 1 aliphatic heterocycles. The van der Waals surface area contributed by atoms with E-state index in [1.54, 1.807) is 0 Å². The highest BCUT2D eigenvalue weighted by atomic mass is 16.6. The van der Waals surface area contributed by atoms with Crippen LogP contribution in [0.4, 0.5) is 0 Å². The fraction of sp³-hybridized carbons (Fsp3) is 0.833. The predicted molar refractivity (Wildman–Crippen MR) is 115 cm³/mol. The summed E-state index contributed by atoms with van der Waals surface area (Å²) in [7, 11) is 0. The van der Waals surface area contributed by atoms with Crippen molar-refractivity contribution >= 4 is 11.9 Å². The Morgan fingerprint density at radius 2 is 1.76 bits per heavy atom. The van der Waals surface area contributed by atoms with Crippen molar-refractivity contribution in [1.82, 2.24) is 0 Å². The maximum atomic E-state index is 12.4. The molecule has 29 heavy (non-hydrogen) atoms. The normalized spacial score (nSPS) is 19.4. The Hall–Kier alpha value is -1.36. The third kappa shape index (κ3) is 9.33. The van der Waals surface area contributed by atoms with Crippen molar-refractivity contribution in [3.05, 3.63) is 11.6 Å². The number of ether oxygens (including phenoxy) is 2. The van der Waals surface area contributed by atoms with Gasteiger partial charge in [0, 0.05) is 18.4 Å². The van der Waals surface area contributed by atoms with Gasteiger partial charge in [-0.2, -0.15) is 0 Å². The zero-order valence-corrected chi connectivity index (χ0v) is 19.1. The smallest absolute Gasteiger partial charge is 0.334 e. The second-order valence-corrected chi connectivity index (χ2v) is 9.00. The molecule has 0 aromatic carbocycles. The van der Waals surface area contributed by atoms with Crippen molar-refractivity contribution in [3.63, 3.8) is 0 Å². The van der Waals surface area contributed by atoms with Gasteiger partial charge in [0.2, 0.25) is 0 Å². The summed E-state index contributed by atoms with van der Waals surface area (Å²) < 4.78 is 10.9. The van der Waals surface area contributed by atoms with Crippen molar-refractivity contribution < 1.29 is 24.2 Å². The maximum Gasteiger partial charge on any atom is 0.334 e. The highest BCUT2D eigenvalue weighted by Crippen LogP contribution is 2.28. The Morgan fingerprint density at radius 3 is 2.34 bits per heavy atom. The largest absolute Gasteiger partial charge is 0.456 e. The zero-order valence-electron chi connectivity index (χ0n) is 19.1. The third-order valence-corrected chi connectivity index (χ3v) is 5.88. The fourth-order valence-electron chi connectivity index (χ4n) is 4.01. The van der Waals surface area contributed by atoms with Gasteiger partial charge in [-0.1, -0.05) is 72.8 Å². The summed E-state index contributed by atoms with van der Waals surface area (Å²) in [6, 6.07) is 0. The van der Waals surface area contributed by atoms with E-state index in [2.05, 4.69) is 34.6 Å². The molecule has 1 aliphatic rings. The van der Waals surface area contributed by atoms with E-state index in [9.17, 15) is 14.7 Å². The molecule has 1 saturated heterocycles. The van der Waals surface area contributed by atoms with Crippen LogP contribution in [0.5, 0.6) is 0 Å². The molecule has 0 aliphatic carbocycles. The Morgan fingerprint density at radius 1 is 1.14 bits per heavy atom. The van der Waals surface area contributed by atoms with Gasteiger partial charge in [0.05, 0.1) is 6.61 Å². The number of unbranched alkanes of at least 4 members (excludes halogenated alkanes) is 6. The number of hydrogen-bond acceptors (Lipinski definition) is 5. The summed E-state index contributed by atoms with van der Waals surface area (Å²) in [6.07, 6.45) is 9.39. The number of aliphatic hydroxyl groups excluding tert-OH is 1. The predicted octanol–water partition coefficient (Wildman–Crippen LogP) is 5.20. The van der Waals surface area contributed by atoms with Gasteiger partial charge < -0.3 is 14.6 Å². The topological polar surface area (TPSA) is 72.8 Å². The van der Waals surface area contributed by atoms with E-state index in [1.807, 2.05) is 6.08 Å². The first-order valence-corrected chi connectivity index (χ1v) is 11.5. The van der Waals surface area contributed by atoms with Crippen LogP contribution in [0.2, 0.25) is 0 Å². The van der Waals surface area contributed by atoms with E-state index in [1.165, 1.54) is 32.1 Å². The maximum absolute atomic E-state index is 12.4. The van der Waals surface area contributed by atoms with Crippen LogP contribution in [0.1, 0.15) is 92.4 Å². The van der Waals surface area contributed by atoms with E-state index in [4.69, 9.17) is 9.47 Å². The molecule has 1 N–H and O–H groups in total. The lowest BCUT2D eigenvalue weighted by Crippen LogP contribution is -2.35. The average Bonchev–Trinajstić information content (AvgIpc) is 3.03. The van der Waals surface area contributed by atoms with E-state index in [0.717, 1.165) is 12.8 Å². The molecule has 2 atom stereocenters. The van der Waals surface area contributed by atoms with Crippen LogP contribution in [-0.2, 0) is 19.1 Å². The summed E-state index contributed by atoms with van der Waals surface area (Å²) in [5.41, 5.74) is 0.639. The molecule has 1 rings (SSSR count). The molecular formula is C24H42O5. The second-order valence-electron chi connectivity index (χ2n) is 9.00. The van der Waals surface area contributed by atoms with Crippen LogP contribution < -0.4 is 0 Å². The summed E-state index contributed by atoms with van der Waals surface area (Å²) in [5.74, 6) is 0.280. The minimum absolute atomic E-state index is 0.223. The van der Waals surface area contributed by atoms with E-state index >= 15 is 0 Å². The van der Waals surface area contributed by atoms with Gasteiger partial charge in [0.15, 0.2) is 6.10 Å². The summed E-state index contributed by atoms with van der Waals surface area (Å²) >= 11 is 0. The molecule has 0 radical (unpaired) electrons. The SMILES string of the molecule is CCCCCCCC/C=C1/CC([C@H](CO)OC(=O)CC(C(C)C)C(C)C)OC1=O. The lowest BCUT2D eigenvalue weighted by atomic mass is 9.83. The molecule has 1 heterocycles. The van der Waals surface area contributed by atoms with Crippen LogP contribution in [0.25, 0.3) is 0 Å². The molecule has 0 saturated carbocycles. The standard InChI is InChI=1S/C24H42O5/c1-6-7-8-9-10-11-12-13-19-14-21(29-24(19)27)22(16-25)28-23(26)15-20(17(2)3)18(4)5/h13,17-18,20-22,25H,6-12,14-16H2,1-5H3/b19-13-/t21?,22-/m0/s1. The summed E-state index contributed by atoms with van der Waals surface area (Å²) in [6.45, 7) is 10.3. The first kappa shape index (κ1) is 25.7. The molecule has 5 heteroatoms. The highest BCUT2D eigenvalue weighted by molar-refractivity contribution is 5.90. The van der Waals surface area contributed by atoms with Gasteiger partial charge in [0.25, 0.3) is 0 Å². The lowest BCUT2D eigenvalue weighted by molar-refractivity contribution is -0.165. The Balaban J connectivity index is 2.49. The van der Waals surface area contributed by atoms with Crippen molar-refractivity contribution in [2.24, 2.45) is 17.8 Å². The van der Waals surface area contributed by atoms with Gasteiger partial charge >= 0.3 is 11.9 Å². The summed E-state index contributed by atoms with van der Waals surface area (Å²) in [5, 5.41) is 9.69. The monoisotopic (exact) mass is 410 g/mol. The van der Waals surface area contributed by atoms with Gasteiger partial charge in [0.1, 0.15) is 6.10 Å². The van der Waals surface area contributed by atoms with E-state index < -0.39 is 12.2 Å². The average molecular weight is 411 g/mol. The van der Waals surface area contributed by atoms with Gasteiger partial charge in [-0.3, -0.25) is 4.79 Å². The number of allylic oxidation sites excluding steroid dienone is 1. The zero-order chi connectivity index (χ0) is 21.8. The van der Waals surface area contributed by atoms with E-state index in [-0.39, 0.29) is 24.5 Å². The second kappa shape index (κ2) is 13.8. The molecule has 0 aromatic rings. The van der Waals surface area contributed by atoms with Gasteiger partial charge in [-0.15, -0.1) is 0 Å². The Kier molecular flexibility index (Phi) is 12.2. The highest BCUT2D eigenvalue weighted by Gasteiger charge is 2.37. The first-order valence-electron chi connectivity index (χ1n) is 11.5. The first-order chi connectivity index (χ1) is 13.8. The number of carbonyl (C=O) groups is 2. The minimum atomic E-state index is -0.800. The molecule has 0 bridgehead atoms. The molecule has 0 amide bonds. The Bertz CT molecular complexity index is 515. The minimum Gasteiger partial charge on any atom is -0.456 e. The van der Waals surface area contributed by atoms with Crippen LogP contribution in [0, 0.1) is 17.8 Å². The number of esters is 2.